The molecule has 152 valence electrons. The van der Waals surface area contributed by atoms with Gasteiger partial charge in [0.05, 0.1) is 6.61 Å². The molecule has 0 radical (unpaired) electrons. The molecule has 2 N–H and O–H groups in total. The predicted molar refractivity (Wildman–Crippen MR) is 113 cm³/mol. The summed E-state index contributed by atoms with van der Waals surface area (Å²) in [5.74, 6) is 1.05. The fourth-order valence-corrected chi connectivity index (χ4v) is 2.83. The van der Waals surface area contributed by atoms with E-state index in [0.29, 0.717) is 18.9 Å². The van der Waals surface area contributed by atoms with E-state index in [1.807, 2.05) is 12.1 Å². The van der Waals surface area contributed by atoms with Crippen LogP contribution in [-0.4, -0.2) is 24.2 Å². The average Bonchev–Trinajstić information content (AvgIpc) is 2.64. The number of carbonyl (C=O) groups excluding carboxylic acids is 1. The summed E-state index contributed by atoms with van der Waals surface area (Å²) in [6, 6.07) is 3.90. The highest BCUT2D eigenvalue weighted by Crippen LogP contribution is 2.43. The smallest absolute Gasteiger partial charge is 0.243 e. The molecule has 4 nitrogen and oxygen atoms in total. The van der Waals surface area contributed by atoms with Gasteiger partial charge in [0, 0.05) is 17.7 Å². The molecule has 0 unspecified atom stereocenters. The zero-order chi connectivity index (χ0) is 20.7. The van der Waals surface area contributed by atoms with Gasteiger partial charge < -0.3 is 15.2 Å². The maximum Gasteiger partial charge on any atom is 0.243 e. The van der Waals surface area contributed by atoms with E-state index in [2.05, 4.69) is 53.4 Å². The van der Waals surface area contributed by atoms with E-state index in [4.69, 9.17) is 4.74 Å². The molecule has 0 saturated heterocycles. The number of aromatic hydroxyl groups is 1. The topological polar surface area (TPSA) is 58.6 Å². The van der Waals surface area contributed by atoms with Gasteiger partial charge in [-0.05, 0) is 54.7 Å². The van der Waals surface area contributed by atoms with Gasteiger partial charge in [0.1, 0.15) is 11.5 Å². The normalized spacial score (nSPS) is 11.9. The van der Waals surface area contributed by atoms with Crippen LogP contribution in [0.1, 0.15) is 78.4 Å². The first-order valence-electron chi connectivity index (χ1n) is 10.00. The minimum Gasteiger partial charge on any atom is -0.508 e. The van der Waals surface area contributed by atoms with E-state index >= 15 is 0 Å². The molecule has 1 rings (SSSR count). The van der Waals surface area contributed by atoms with Crippen LogP contribution < -0.4 is 10.1 Å². The molecule has 4 heteroatoms. The summed E-state index contributed by atoms with van der Waals surface area (Å²) >= 11 is 0. The largest absolute Gasteiger partial charge is 0.508 e. The minimum atomic E-state index is -0.145. The number of ether oxygens (including phenoxy) is 1. The Bertz CT molecular complexity index is 647. The highest BCUT2D eigenvalue weighted by Gasteiger charge is 2.28. The van der Waals surface area contributed by atoms with E-state index in [-0.39, 0.29) is 16.7 Å². The molecule has 1 aromatic rings. The highest BCUT2D eigenvalue weighted by molar-refractivity contribution is 5.86. The number of benzene rings is 1. The van der Waals surface area contributed by atoms with Crippen LogP contribution in [0, 0.1) is 0 Å². The molecular weight excluding hydrogens is 338 g/mol. The van der Waals surface area contributed by atoms with Crippen molar-refractivity contribution in [3.8, 4) is 11.5 Å². The maximum atomic E-state index is 11.2. The van der Waals surface area contributed by atoms with Crippen LogP contribution in [0.4, 0.5) is 0 Å². The van der Waals surface area contributed by atoms with Crippen molar-refractivity contribution >= 4 is 5.91 Å². The molecule has 27 heavy (non-hydrogen) atoms. The van der Waals surface area contributed by atoms with E-state index < -0.39 is 0 Å². The first-order chi connectivity index (χ1) is 12.6. The van der Waals surface area contributed by atoms with Crippen LogP contribution in [0.15, 0.2) is 24.8 Å². The first kappa shape index (κ1) is 23.1. The number of hydrogen-bond acceptors (Lipinski definition) is 3. The van der Waals surface area contributed by atoms with Gasteiger partial charge >= 0.3 is 0 Å². The molecule has 1 amide bonds. The van der Waals surface area contributed by atoms with Crippen molar-refractivity contribution in [3.05, 3.63) is 35.9 Å². The summed E-state index contributed by atoms with van der Waals surface area (Å²) in [5, 5.41) is 13.4. The molecule has 1 aromatic carbocycles. The number of phenols is 1. The summed E-state index contributed by atoms with van der Waals surface area (Å²) in [5.41, 5.74) is 1.76. The molecule has 0 saturated carbocycles. The van der Waals surface area contributed by atoms with Gasteiger partial charge in [-0.25, -0.2) is 0 Å². The predicted octanol–water partition coefficient (Wildman–Crippen LogP) is 5.23. The Hall–Kier alpha value is -1.97. The molecule has 0 aliphatic rings. The summed E-state index contributed by atoms with van der Waals surface area (Å²) in [7, 11) is 0. The van der Waals surface area contributed by atoms with Gasteiger partial charge in [-0.3, -0.25) is 4.79 Å². The molecule has 0 aliphatic carbocycles. The molecule has 0 heterocycles. The zero-order valence-corrected chi connectivity index (χ0v) is 17.9. The highest BCUT2D eigenvalue weighted by atomic mass is 16.5. The van der Waals surface area contributed by atoms with Crippen molar-refractivity contribution in [2.45, 2.75) is 78.1 Å². The third-order valence-corrected chi connectivity index (χ3v) is 5.64. The lowest BCUT2D eigenvalue weighted by molar-refractivity contribution is -0.116. The van der Waals surface area contributed by atoms with Crippen LogP contribution in [0.2, 0.25) is 0 Å². The number of phenolic OH excluding ortho intramolecular Hbond substituents is 1. The van der Waals surface area contributed by atoms with E-state index in [1.54, 1.807) is 0 Å². The Morgan fingerprint density at radius 3 is 2.26 bits per heavy atom. The van der Waals surface area contributed by atoms with Gasteiger partial charge in [-0.15, -0.1) is 0 Å². The van der Waals surface area contributed by atoms with Crippen LogP contribution in [0.5, 0.6) is 11.5 Å². The van der Waals surface area contributed by atoms with Gasteiger partial charge in [-0.1, -0.05) is 48.1 Å². The average molecular weight is 376 g/mol. The maximum absolute atomic E-state index is 11.2. The second-order valence-corrected chi connectivity index (χ2v) is 8.39. The lowest BCUT2D eigenvalue weighted by Gasteiger charge is -2.30. The summed E-state index contributed by atoms with van der Waals surface area (Å²) in [6.07, 6.45) is 4.85. The van der Waals surface area contributed by atoms with Crippen molar-refractivity contribution in [3.63, 3.8) is 0 Å². The number of unbranched alkanes of at least 4 members (excludes halogenated alkanes) is 1. The Labute approximate surface area is 165 Å². The molecule has 0 fully saturated rings. The fourth-order valence-electron chi connectivity index (χ4n) is 2.83. The summed E-state index contributed by atoms with van der Waals surface area (Å²) in [4.78, 5) is 11.2. The standard InChI is InChI=1S/C23H37NO3/c1-8-21(26)24-13-11-12-14-27-20-16-17(22(4,5)9-2)19(25)15-18(20)23(6,7)10-3/h8,15-16,25H,1,9-14H2,2-7H3,(H,24,26). The van der Waals surface area contributed by atoms with Crippen LogP contribution >= 0.6 is 0 Å². The fraction of sp³-hybridized carbons (Fsp3) is 0.609. The Morgan fingerprint density at radius 2 is 1.70 bits per heavy atom. The third kappa shape index (κ3) is 6.30. The van der Waals surface area contributed by atoms with E-state index in [0.717, 1.165) is 42.6 Å². The number of nitrogens with one attached hydrogen (secondary N) is 1. The third-order valence-electron chi connectivity index (χ3n) is 5.64. The monoisotopic (exact) mass is 375 g/mol. The molecule has 0 aromatic heterocycles. The van der Waals surface area contributed by atoms with Gasteiger partial charge in [-0.2, -0.15) is 0 Å². The van der Waals surface area contributed by atoms with Crippen LogP contribution in [0.3, 0.4) is 0 Å². The molecule has 0 atom stereocenters. The second-order valence-electron chi connectivity index (χ2n) is 8.39. The van der Waals surface area contributed by atoms with Crippen LogP contribution in [0.25, 0.3) is 0 Å². The lowest BCUT2D eigenvalue weighted by Crippen LogP contribution is -2.22. The number of carbonyl (C=O) groups is 1. The van der Waals surface area contributed by atoms with Gasteiger partial charge in [0.15, 0.2) is 0 Å². The van der Waals surface area contributed by atoms with Crippen molar-refractivity contribution in [2.75, 3.05) is 13.2 Å². The number of hydrogen-bond donors (Lipinski definition) is 2. The van der Waals surface area contributed by atoms with Gasteiger partial charge in [0.2, 0.25) is 5.91 Å². The van der Waals surface area contributed by atoms with Crippen LogP contribution in [-0.2, 0) is 15.6 Å². The summed E-state index contributed by atoms with van der Waals surface area (Å²) in [6.45, 7) is 17.5. The number of rotatable bonds is 11. The zero-order valence-electron chi connectivity index (χ0n) is 17.9. The van der Waals surface area contributed by atoms with E-state index in [1.165, 1.54) is 6.08 Å². The lowest BCUT2D eigenvalue weighted by atomic mass is 9.77. The molecular formula is C23H37NO3. The summed E-state index contributed by atoms with van der Waals surface area (Å²) < 4.78 is 6.15. The SMILES string of the molecule is C=CC(=O)NCCCCOc1cc(C(C)(C)CC)c(O)cc1C(C)(C)CC. The molecule has 0 bridgehead atoms. The first-order valence-corrected chi connectivity index (χ1v) is 10.00. The van der Waals surface area contributed by atoms with Crippen molar-refractivity contribution in [1.82, 2.24) is 5.32 Å². The molecule has 0 aliphatic heterocycles. The Balaban J connectivity index is 2.95. The van der Waals surface area contributed by atoms with Crippen molar-refractivity contribution in [2.24, 2.45) is 0 Å². The Kier molecular flexibility index (Phi) is 8.39. The Morgan fingerprint density at radius 1 is 1.11 bits per heavy atom. The van der Waals surface area contributed by atoms with Crippen molar-refractivity contribution < 1.29 is 14.6 Å². The quantitative estimate of drug-likeness (QED) is 0.411. The van der Waals surface area contributed by atoms with Gasteiger partial charge in [0.25, 0.3) is 0 Å². The van der Waals surface area contributed by atoms with Crippen molar-refractivity contribution in [1.29, 1.82) is 0 Å². The van der Waals surface area contributed by atoms with E-state index in [9.17, 15) is 9.90 Å². The number of amides is 1. The molecule has 0 spiro atoms. The minimum absolute atomic E-state index is 0.0837. The second kappa shape index (κ2) is 9.82.